The summed E-state index contributed by atoms with van der Waals surface area (Å²) in [7, 11) is -8.42. The highest BCUT2D eigenvalue weighted by Crippen LogP contribution is 2.54. The predicted octanol–water partition coefficient (Wildman–Crippen LogP) is 4.48. The molecule has 5 aliphatic rings. The minimum absolute atomic E-state index is 0.0266. The number of benzene rings is 4. The Kier molecular flexibility index (Phi) is 16.5. The molecule has 0 aromatic heterocycles. The Labute approximate surface area is 423 Å². The van der Waals surface area contributed by atoms with Gasteiger partial charge in [-0.25, -0.2) is 0 Å². The fraction of sp³-hybridized carbons (Fsp3) is 0.538. The predicted molar refractivity (Wildman–Crippen MR) is 274 cm³/mol. The number of hydrogen-bond donors (Lipinski definition) is 8. The molecule has 0 unspecified atom stereocenters. The lowest BCUT2D eigenvalue weighted by Gasteiger charge is -2.37. The molecule has 9 rings (SSSR count). The van der Waals surface area contributed by atoms with E-state index >= 15 is 0 Å². The topological polar surface area (TPSA) is 236 Å². The molecule has 0 amide bonds. The summed E-state index contributed by atoms with van der Waals surface area (Å²) < 4.78 is 52.0. The van der Waals surface area contributed by atoms with E-state index in [1.54, 1.807) is 0 Å². The maximum absolute atomic E-state index is 11.6. The van der Waals surface area contributed by atoms with Crippen LogP contribution in [0.25, 0.3) is 0 Å². The minimum Gasteiger partial charge on any atom is -0.457 e. The second-order valence-electron chi connectivity index (χ2n) is 19.8. The van der Waals surface area contributed by atoms with Gasteiger partial charge in [0.25, 0.3) is 0 Å². The summed E-state index contributed by atoms with van der Waals surface area (Å²) in [4.78, 5) is 0. The smallest absolute Gasteiger partial charge is 0.457 e. The van der Waals surface area contributed by atoms with Crippen molar-refractivity contribution in [3.63, 3.8) is 0 Å². The molecule has 0 radical (unpaired) electrons. The van der Waals surface area contributed by atoms with Crippen LogP contribution in [0.2, 0.25) is 0 Å². The van der Waals surface area contributed by atoms with E-state index in [-0.39, 0.29) is 67.8 Å². The van der Waals surface area contributed by atoms with Crippen LogP contribution in [-0.4, -0.2) is 95.8 Å². The monoisotopic (exact) mass is 992 g/mol. The third-order valence-electron chi connectivity index (χ3n) is 15.3. The zero-order valence-electron chi connectivity index (χ0n) is 41.9. The van der Waals surface area contributed by atoms with Crippen molar-refractivity contribution in [1.29, 1.82) is 0 Å². The SMILES string of the molecule is CCCCCC1c2cc3c4c(B(O)O)c2OCOc2c1cc1c(c2B(O)O)OCOc2c(cc5c(c2B(O)O)OCOc2c(cc(c(c2B(O)O)OCO4)C3CCCCC)C5CCCCC)C1CCCCC. The van der Waals surface area contributed by atoms with E-state index in [1.165, 1.54) is 0 Å². The Bertz CT molecular complexity index is 2120. The van der Waals surface area contributed by atoms with Crippen LogP contribution in [0.4, 0.5) is 0 Å². The van der Waals surface area contributed by atoms with E-state index in [0.29, 0.717) is 70.2 Å². The van der Waals surface area contributed by atoms with Crippen LogP contribution in [0.5, 0.6) is 46.0 Å². The van der Waals surface area contributed by atoms with Crippen molar-refractivity contribution in [1.82, 2.24) is 0 Å². The Balaban J connectivity index is 1.52. The Morgan fingerprint density at radius 1 is 0.306 bits per heavy atom. The van der Waals surface area contributed by atoms with E-state index < -0.39 is 79.3 Å². The quantitative estimate of drug-likeness (QED) is 0.0450. The summed E-state index contributed by atoms with van der Waals surface area (Å²) in [6.07, 6.45) is 11.8. The average molecular weight is 992 g/mol. The molecule has 0 saturated carbocycles. The first-order chi connectivity index (χ1) is 34.9. The highest BCUT2D eigenvalue weighted by Gasteiger charge is 2.45. The molecular weight excluding hydrogens is 924 g/mol. The van der Waals surface area contributed by atoms with Gasteiger partial charge in [-0.1, -0.05) is 105 Å². The molecule has 0 spiro atoms. The largest absolute Gasteiger partial charge is 0.496 e. The lowest BCUT2D eigenvalue weighted by atomic mass is 9.66. The van der Waals surface area contributed by atoms with Crippen molar-refractivity contribution >= 4 is 50.3 Å². The van der Waals surface area contributed by atoms with Crippen LogP contribution in [0.3, 0.4) is 0 Å². The second kappa shape index (κ2) is 22.8. The number of rotatable bonds is 20. The van der Waals surface area contributed by atoms with E-state index in [0.717, 1.165) is 77.0 Å². The normalized spacial score (nSPS) is 18.7. The standard InChI is InChI=1S/C52H68B4O16/c1-5-9-13-17-29-33-21-35-30(18-14-10-6-2)37-23-39-32(20-16-12-8-4)40-24-38-31(19-15-11-7-3)36-22-34(29)46-42(54(59)60)48(36)68-27-70-50(38)44(56(63)64)52(40)72-28-71-51(39)43(55(61)62)49(37)69-26-67-47(35)41(53(57)58)45(33)65-25-66-46/h21-24,29-32,57-64H,5-20,25-28H2,1-4H3. The molecule has 0 fully saturated rings. The van der Waals surface area contributed by atoms with Crippen molar-refractivity contribution in [3.8, 4) is 46.0 Å². The van der Waals surface area contributed by atoms with Gasteiger partial charge in [-0.3, -0.25) is 0 Å². The number of hydrogen-bond acceptors (Lipinski definition) is 16. The summed E-state index contributed by atoms with van der Waals surface area (Å²) in [5.41, 5.74) is 4.65. The van der Waals surface area contributed by atoms with Gasteiger partial charge in [-0.05, 0) is 49.9 Å². The van der Waals surface area contributed by atoms with Gasteiger partial charge >= 0.3 is 28.5 Å². The van der Waals surface area contributed by atoms with E-state index in [9.17, 15) is 40.2 Å². The van der Waals surface area contributed by atoms with Gasteiger partial charge in [0.1, 0.15) is 46.0 Å². The minimum atomic E-state index is -2.11. The molecule has 20 heteroatoms. The Morgan fingerprint density at radius 2 is 0.472 bits per heavy atom. The number of unbranched alkanes of at least 4 members (excludes halogenated alkanes) is 8. The Morgan fingerprint density at radius 3 is 0.611 bits per heavy atom. The molecule has 1 aliphatic carbocycles. The van der Waals surface area contributed by atoms with Crippen molar-refractivity contribution in [2.24, 2.45) is 0 Å². The van der Waals surface area contributed by atoms with Crippen LogP contribution in [-0.2, 0) is 0 Å². The molecular formula is C52H68B4O16. The van der Waals surface area contributed by atoms with Crippen molar-refractivity contribution in [2.75, 3.05) is 27.2 Å². The summed E-state index contributed by atoms with van der Waals surface area (Å²) >= 11 is 0. The first-order valence-electron chi connectivity index (χ1n) is 26.2. The first kappa shape index (κ1) is 52.1. The number of ether oxygens (including phenoxy) is 8. The molecule has 16 nitrogen and oxygen atoms in total. The van der Waals surface area contributed by atoms with E-state index in [1.807, 2.05) is 24.3 Å². The summed E-state index contributed by atoms with van der Waals surface area (Å²) in [6.45, 7) is 6.50. The molecule has 8 N–H and O–H groups in total. The summed E-state index contributed by atoms with van der Waals surface area (Å²) in [6, 6.07) is 8.04. The molecule has 0 saturated heterocycles. The first-order valence-corrected chi connectivity index (χ1v) is 26.2. The van der Waals surface area contributed by atoms with Crippen LogP contribution < -0.4 is 59.7 Å². The molecule has 4 aromatic rings. The fourth-order valence-electron chi connectivity index (χ4n) is 12.0. The van der Waals surface area contributed by atoms with Gasteiger partial charge in [0.05, 0.1) is 21.9 Å². The van der Waals surface area contributed by atoms with E-state index in [2.05, 4.69) is 27.7 Å². The molecule has 8 bridgehead atoms. The summed E-state index contributed by atoms with van der Waals surface area (Å²) in [5, 5.41) is 92.7. The van der Waals surface area contributed by atoms with Gasteiger partial charge in [0.2, 0.25) is 27.2 Å². The van der Waals surface area contributed by atoms with Gasteiger partial charge in [0, 0.05) is 68.2 Å². The van der Waals surface area contributed by atoms with Crippen LogP contribution >= 0.6 is 0 Å². The molecule has 384 valence electrons. The Hall–Kier alpha value is -4.78. The average Bonchev–Trinajstić information content (AvgIpc) is 3.33. The fourth-order valence-corrected chi connectivity index (χ4v) is 12.0. The lowest BCUT2D eigenvalue weighted by molar-refractivity contribution is 0.102. The zero-order chi connectivity index (χ0) is 50.8. The lowest BCUT2D eigenvalue weighted by Crippen LogP contribution is -2.41. The van der Waals surface area contributed by atoms with Gasteiger partial charge < -0.3 is 78.1 Å². The zero-order valence-corrected chi connectivity index (χ0v) is 41.9. The van der Waals surface area contributed by atoms with Crippen LogP contribution in [0.15, 0.2) is 24.3 Å². The molecule has 4 aliphatic heterocycles. The van der Waals surface area contributed by atoms with Gasteiger partial charge in [-0.2, -0.15) is 0 Å². The van der Waals surface area contributed by atoms with Crippen molar-refractivity contribution in [3.05, 3.63) is 68.8 Å². The third kappa shape index (κ3) is 9.62. The maximum atomic E-state index is 11.6. The third-order valence-corrected chi connectivity index (χ3v) is 15.3. The van der Waals surface area contributed by atoms with Crippen LogP contribution in [0.1, 0.15) is 199 Å². The van der Waals surface area contributed by atoms with Crippen LogP contribution in [0, 0.1) is 0 Å². The van der Waals surface area contributed by atoms with Gasteiger partial charge in [0.15, 0.2) is 0 Å². The van der Waals surface area contributed by atoms with E-state index in [4.69, 9.17) is 37.9 Å². The highest BCUT2D eigenvalue weighted by atomic mass is 16.7. The molecule has 0 atom stereocenters. The van der Waals surface area contributed by atoms with Crippen molar-refractivity contribution < 1.29 is 78.1 Å². The molecule has 4 heterocycles. The second-order valence-corrected chi connectivity index (χ2v) is 19.8. The van der Waals surface area contributed by atoms with Crippen molar-refractivity contribution in [2.45, 2.75) is 154 Å². The molecule has 72 heavy (non-hydrogen) atoms. The maximum Gasteiger partial charge on any atom is 0.496 e. The van der Waals surface area contributed by atoms with Gasteiger partial charge in [-0.15, -0.1) is 0 Å². The highest BCUT2D eigenvalue weighted by molar-refractivity contribution is 6.62. The summed E-state index contributed by atoms with van der Waals surface area (Å²) in [5.74, 6) is -1.33. The molecule has 4 aromatic carbocycles.